The predicted molar refractivity (Wildman–Crippen MR) is 98.1 cm³/mol. The highest BCUT2D eigenvalue weighted by Gasteiger charge is 2.16. The van der Waals surface area contributed by atoms with Crippen LogP contribution in [0, 0.1) is 6.92 Å². The molecule has 0 spiro atoms. The Morgan fingerprint density at radius 3 is 2.61 bits per heavy atom. The number of para-hydroxylation sites is 2. The van der Waals surface area contributed by atoms with Crippen LogP contribution in [0.2, 0.25) is 5.02 Å². The summed E-state index contributed by atoms with van der Waals surface area (Å²) < 4.78 is 0. The van der Waals surface area contributed by atoms with Crippen molar-refractivity contribution >= 4 is 45.8 Å². The van der Waals surface area contributed by atoms with Crippen molar-refractivity contribution < 1.29 is 4.79 Å². The Morgan fingerprint density at radius 1 is 1.17 bits per heavy atom. The van der Waals surface area contributed by atoms with Gasteiger partial charge in [0.25, 0.3) is 0 Å². The third-order valence-corrected chi connectivity index (χ3v) is 4.85. The Morgan fingerprint density at radius 2 is 1.96 bits per heavy atom. The summed E-state index contributed by atoms with van der Waals surface area (Å²) in [6.07, 6.45) is 0. The number of rotatable bonds is 4. The van der Waals surface area contributed by atoms with Gasteiger partial charge in [0, 0.05) is 11.3 Å². The van der Waals surface area contributed by atoms with Gasteiger partial charge in [-0.3, -0.25) is 4.79 Å². The third-order valence-electron chi connectivity index (χ3n) is 3.52. The SMILES string of the molecule is Cc1ccsc1C(=O)c1ccc(Nc2ccccc2N)cc1Cl. The first-order valence-corrected chi connectivity index (χ1v) is 8.32. The number of nitrogen functional groups attached to an aromatic ring is 1. The standard InChI is InChI=1S/C18H15ClN2OS/c1-11-8-9-23-18(11)17(22)13-7-6-12(10-14(13)19)21-16-5-3-2-4-15(16)20/h2-10,21H,20H2,1H3. The van der Waals surface area contributed by atoms with Gasteiger partial charge in [0.05, 0.1) is 21.3 Å². The lowest BCUT2D eigenvalue weighted by Gasteiger charge is -2.11. The number of ketones is 1. The minimum atomic E-state index is -0.0479. The lowest BCUT2D eigenvalue weighted by molar-refractivity contribution is 0.104. The molecule has 3 rings (SSSR count). The molecule has 0 atom stereocenters. The summed E-state index contributed by atoms with van der Waals surface area (Å²) in [6, 6.07) is 14.7. The van der Waals surface area contributed by atoms with Crippen molar-refractivity contribution in [1.29, 1.82) is 0 Å². The van der Waals surface area contributed by atoms with E-state index in [1.54, 1.807) is 12.1 Å². The fourth-order valence-electron chi connectivity index (χ4n) is 2.27. The van der Waals surface area contributed by atoms with Crippen LogP contribution >= 0.6 is 22.9 Å². The Labute approximate surface area is 143 Å². The van der Waals surface area contributed by atoms with E-state index >= 15 is 0 Å². The highest BCUT2D eigenvalue weighted by atomic mass is 35.5. The van der Waals surface area contributed by atoms with Crippen LogP contribution in [0.1, 0.15) is 20.8 Å². The van der Waals surface area contributed by atoms with Gasteiger partial charge < -0.3 is 11.1 Å². The molecule has 0 amide bonds. The second-order valence-electron chi connectivity index (χ2n) is 5.17. The Kier molecular flexibility index (Phi) is 4.37. The molecule has 5 heteroatoms. The molecule has 0 unspecified atom stereocenters. The molecule has 0 aliphatic carbocycles. The average molecular weight is 343 g/mol. The van der Waals surface area contributed by atoms with Crippen molar-refractivity contribution in [3.63, 3.8) is 0 Å². The van der Waals surface area contributed by atoms with Gasteiger partial charge in [-0.2, -0.15) is 0 Å². The smallest absolute Gasteiger partial charge is 0.204 e. The summed E-state index contributed by atoms with van der Waals surface area (Å²) in [5.74, 6) is -0.0479. The molecule has 0 radical (unpaired) electrons. The molecule has 3 aromatic rings. The largest absolute Gasteiger partial charge is 0.397 e. The highest BCUT2D eigenvalue weighted by molar-refractivity contribution is 7.12. The van der Waals surface area contributed by atoms with Crippen molar-refractivity contribution in [1.82, 2.24) is 0 Å². The Bertz CT molecular complexity index is 873. The molecule has 116 valence electrons. The molecule has 3 nitrogen and oxygen atoms in total. The lowest BCUT2D eigenvalue weighted by atomic mass is 10.1. The van der Waals surface area contributed by atoms with Gasteiger partial charge in [-0.1, -0.05) is 23.7 Å². The molecule has 0 bridgehead atoms. The Hall–Kier alpha value is -2.30. The number of carbonyl (C=O) groups excluding carboxylic acids is 1. The number of nitrogens with one attached hydrogen (secondary N) is 1. The van der Waals surface area contributed by atoms with E-state index in [0.29, 0.717) is 16.3 Å². The van der Waals surface area contributed by atoms with Crippen molar-refractivity contribution in [2.75, 3.05) is 11.1 Å². The molecule has 0 fully saturated rings. The summed E-state index contributed by atoms with van der Waals surface area (Å²) in [4.78, 5) is 13.3. The number of hydrogen-bond donors (Lipinski definition) is 2. The third kappa shape index (κ3) is 3.23. The zero-order chi connectivity index (χ0) is 16.4. The van der Waals surface area contributed by atoms with Crippen LogP contribution in [0.15, 0.2) is 53.9 Å². The number of aryl methyl sites for hydroxylation is 1. The van der Waals surface area contributed by atoms with Crippen LogP contribution in [-0.4, -0.2) is 5.78 Å². The number of thiophene rings is 1. The van der Waals surface area contributed by atoms with Crippen molar-refractivity contribution in [2.45, 2.75) is 6.92 Å². The van der Waals surface area contributed by atoms with E-state index < -0.39 is 0 Å². The maximum absolute atomic E-state index is 12.6. The van der Waals surface area contributed by atoms with Crippen LogP contribution in [0.4, 0.5) is 17.1 Å². The normalized spacial score (nSPS) is 10.5. The van der Waals surface area contributed by atoms with Gasteiger partial charge in [0.1, 0.15) is 0 Å². The van der Waals surface area contributed by atoms with Gasteiger partial charge in [-0.05, 0) is 54.3 Å². The second kappa shape index (κ2) is 6.44. The quantitative estimate of drug-likeness (QED) is 0.502. The maximum atomic E-state index is 12.6. The van der Waals surface area contributed by atoms with E-state index in [2.05, 4.69) is 5.32 Å². The molecule has 0 aliphatic heterocycles. The first-order valence-electron chi connectivity index (χ1n) is 7.06. The fourth-order valence-corrected chi connectivity index (χ4v) is 3.42. The van der Waals surface area contributed by atoms with E-state index in [0.717, 1.165) is 21.8 Å². The number of carbonyl (C=O) groups is 1. The van der Waals surface area contributed by atoms with Gasteiger partial charge >= 0.3 is 0 Å². The van der Waals surface area contributed by atoms with Gasteiger partial charge in [0.15, 0.2) is 0 Å². The molecule has 3 N–H and O–H groups in total. The highest BCUT2D eigenvalue weighted by Crippen LogP contribution is 2.29. The summed E-state index contributed by atoms with van der Waals surface area (Å²) in [7, 11) is 0. The lowest BCUT2D eigenvalue weighted by Crippen LogP contribution is -2.02. The zero-order valence-corrected chi connectivity index (χ0v) is 14.0. The molecule has 0 saturated carbocycles. The van der Waals surface area contributed by atoms with Crippen LogP contribution in [0.3, 0.4) is 0 Å². The number of anilines is 3. The zero-order valence-electron chi connectivity index (χ0n) is 12.5. The molecule has 23 heavy (non-hydrogen) atoms. The molecule has 0 aliphatic rings. The van der Waals surface area contributed by atoms with E-state index in [4.69, 9.17) is 17.3 Å². The fraction of sp³-hybridized carbons (Fsp3) is 0.0556. The molecule has 1 aromatic heterocycles. The molecule has 0 saturated heterocycles. The van der Waals surface area contributed by atoms with Crippen LogP contribution in [0.5, 0.6) is 0 Å². The summed E-state index contributed by atoms with van der Waals surface area (Å²) >= 11 is 7.74. The van der Waals surface area contributed by atoms with Crippen LogP contribution < -0.4 is 11.1 Å². The van der Waals surface area contributed by atoms with Crippen molar-refractivity contribution in [3.05, 3.63) is 74.9 Å². The molecule has 1 heterocycles. The molecular weight excluding hydrogens is 328 g/mol. The summed E-state index contributed by atoms with van der Waals surface area (Å²) in [5, 5.41) is 5.53. The van der Waals surface area contributed by atoms with Gasteiger partial charge in [-0.15, -0.1) is 11.3 Å². The maximum Gasteiger partial charge on any atom is 0.204 e. The number of hydrogen-bond acceptors (Lipinski definition) is 4. The number of halogens is 1. The van der Waals surface area contributed by atoms with E-state index in [-0.39, 0.29) is 5.78 Å². The number of nitrogens with two attached hydrogens (primary N) is 1. The average Bonchev–Trinajstić information content (AvgIpc) is 2.95. The first kappa shape index (κ1) is 15.6. The van der Waals surface area contributed by atoms with Crippen LogP contribution in [0.25, 0.3) is 0 Å². The minimum absolute atomic E-state index is 0.0479. The second-order valence-corrected chi connectivity index (χ2v) is 6.49. The summed E-state index contributed by atoms with van der Waals surface area (Å²) in [6.45, 7) is 1.92. The topological polar surface area (TPSA) is 55.1 Å². The van der Waals surface area contributed by atoms with Gasteiger partial charge in [0.2, 0.25) is 5.78 Å². The monoisotopic (exact) mass is 342 g/mol. The van der Waals surface area contributed by atoms with E-state index in [9.17, 15) is 4.79 Å². The number of benzene rings is 2. The Balaban J connectivity index is 1.88. The van der Waals surface area contributed by atoms with Crippen molar-refractivity contribution in [2.24, 2.45) is 0 Å². The van der Waals surface area contributed by atoms with Crippen LogP contribution in [-0.2, 0) is 0 Å². The first-order chi connectivity index (χ1) is 11.1. The van der Waals surface area contributed by atoms with E-state index in [1.807, 2.05) is 48.7 Å². The summed E-state index contributed by atoms with van der Waals surface area (Å²) in [5.41, 5.74) is 9.63. The molecular formula is C18H15ClN2OS. The van der Waals surface area contributed by atoms with Gasteiger partial charge in [-0.25, -0.2) is 0 Å². The predicted octanol–water partition coefficient (Wildman–Crippen LogP) is 5.27. The molecule has 2 aromatic carbocycles. The van der Waals surface area contributed by atoms with E-state index in [1.165, 1.54) is 11.3 Å². The minimum Gasteiger partial charge on any atom is -0.397 e. The van der Waals surface area contributed by atoms with Crippen molar-refractivity contribution in [3.8, 4) is 0 Å².